The average Bonchev–Trinajstić information content (AvgIpc) is 3.27. The molecule has 2 amide bonds. The van der Waals surface area contributed by atoms with Gasteiger partial charge in [-0.1, -0.05) is 13.0 Å². The quantitative estimate of drug-likeness (QED) is 0.810. The van der Waals surface area contributed by atoms with Crippen molar-refractivity contribution in [1.82, 2.24) is 15.1 Å². The number of likely N-dealkylation sites (tertiary alicyclic amines) is 2. The minimum atomic E-state index is -0.283. The molecule has 0 saturated carbocycles. The molecule has 0 radical (unpaired) electrons. The van der Waals surface area contributed by atoms with Crippen LogP contribution in [0, 0.1) is 5.92 Å². The summed E-state index contributed by atoms with van der Waals surface area (Å²) in [5, 5.41) is 5.24. The standard InChI is InChI=1S/C19H29N3O2S/c1-2-17(22-9-3-6-18(22)23)19(24)20-13-15-7-10-21(11-8-15)14-16-5-4-12-25-16/h4-5,12,15,17H,2-3,6-11,13-14H2,1H3,(H,20,24). The number of piperidine rings is 1. The summed E-state index contributed by atoms with van der Waals surface area (Å²) in [5.41, 5.74) is 0. The van der Waals surface area contributed by atoms with Crippen LogP contribution in [-0.2, 0) is 16.1 Å². The summed E-state index contributed by atoms with van der Waals surface area (Å²) in [5.74, 6) is 0.706. The Morgan fingerprint density at radius 3 is 2.76 bits per heavy atom. The number of amides is 2. The van der Waals surface area contributed by atoms with Crippen molar-refractivity contribution in [3.63, 3.8) is 0 Å². The number of rotatable bonds is 7. The van der Waals surface area contributed by atoms with E-state index in [2.05, 4.69) is 27.7 Å². The molecule has 0 bridgehead atoms. The van der Waals surface area contributed by atoms with E-state index in [9.17, 15) is 9.59 Å². The maximum absolute atomic E-state index is 12.5. The van der Waals surface area contributed by atoms with Crippen LogP contribution >= 0.6 is 11.3 Å². The molecule has 2 fully saturated rings. The Labute approximate surface area is 154 Å². The van der Waals surface area contributed by atoms with Gasteiger partial charge in [0.15, 0.2) is 0 Å². The highest BCUT2D eigenvalue weighted by atomic mass is 32.1. The van der Waals surface area contributed by atoms with Crippen LogP contribution in [0.4, 0.5) is 0 Å². The molecule has 2 saturated heterocycles. The largest absolute Gasteiger partial charge is 0.354 e. The number of nitrogens with zero attached hydrogens (tertiary/aromatic N) is 2. The van der Waals surface area contributed by atoms with E-state index in [1.165, 1.54) is 4.88 Å². The van der Waals surface area contributed by atoms with Crippen molar-refractivity contribution in [2.45, 2.75) is 51.6 Å². The van der Waals surface area contributed by atoms with E-state index in [1.54, 1.807) is 4.90 Å². The highest BCUT2D eigenvalue weighted by Crippen LogP contribution is 2.21. The fourth-order valence-corrected chi connectivity index (χ4v) is 4.63. The maximum Gasteiger partial charge on any atom is 0.242 e. The molecule has 3 rings (SSSR count). The third-order valence-corrected chi connectivity index (χ3v) is 6.27. The number of carbonyl (C=O) groups is 2. The first kappa shape index (κ1) is 18.4. The number of thiophene rings is 1. The molecule has 0 spiro atoms. The molecule has 6 heteroatoms. The Kier molecular flexibility index (Phi) is 6.48. The Bertz CT molecular complexity index is 567. The maximum atomic E-state index is 12.5. The summed E-state index contributed by atoms with van der Waals surface area (Å²) >= 11 is 1.82. The van der Waals surface area contributed by atoms with Crippen LogP contribution in [-0.4, -0.2) is 53.8 Å². The lowest BCUT2D eigenvalue weighted by Crippen LogP contribution is -2.48. The van der Waals surface area contributed by atoms with E-state index in [0.717, 1.165) is 52.0 Å². The predicted molar refractivity (Wildman–Crippen MR) is 100 cm³/mol. The van der Waals surface area contributed by atoms with Crippen LogP contribution < -0.4 is 5.32 Å². The summed E-state index contributed by atoms with van der Waals surface area (Å²) in [6.45, 7) is 6.70. The predicted octanol–water partition coefficient (Wildman–Crippen LogP) is 2.48. The molecule has 0 aliphatic carbocycles. The molecule has 5 nitrogen and oxygen atoms in total. The first-order valence-corrected chi connectivity index (χ1v) is 10.4. The first-order valence-electron chi connectivity index (χ1n) is 9.49. The molecule has 1 atom stereocenters. The van der Waals surface area contributed by atoms with Gasteiger partial charge in [0.25, 0.3) is 0 Å². The van der Waals surface area contributed by atoms with Crippen molar-refractivity contribution in [2.75, 3.05) is 26.2 Å². The van der Waals surface area contributed by atoms with Crippen molar-refractivity contribution in [2.24, 2.45) is 5.92 Å². The van der Waals surface area contributed by atoms with Gasteiger partial charge >= 0.3 is 0 Å². The van der Waals surface area contributed by atoms with Gasteiger partial charge in [-0.2, -0.15) is 0 Å². The van der Waals surface area contributed by atoms with Gasteiger partial charge in [-0.15, -0.1) is 11.3 Å². The van der Waals surface area contributed by atoms with E-state index in [0.29, 0.717) is 18.8 Å². The van der Waals surface area contributed by atoms with Gasteiger partial charge in [0.2, 0.25) is 11.8 Å². The first-order chi connectivity index (χ1) is 12.2. The van der Waals surface area contributed by atoms with Crippen molar-refractivity contribution in [3.8, 4) is 0 Å². The van der Waals surface area contributed by atoms with Crippen molar-refractivity contribution in [1.29, 1.82) is 0 Å². The number of nitrogens with one attached hydrogen (secondary N) is 1. The molecule has 2 aliphatic rings. The van der Waals surface area contributed by atoms with Crippen LogP contribution in [0.25, 0.3) is 0 Å². The lowest BCUT2D eigenvalue weighted by atomic mass is 9.96. The molecular weight excluding hydrogens is 334 g/mol. The number of hydrogen-bond acceptors (Lipinski definition) is 4. The fraction of sp³-hybridized carbons (Fsp3) is 0.684. The topological polar surface area (TPSA) is 52.7 Å². The second-order valence-corrected chi connectivity index (χ2v) is 8.19. The Balaban J connectivity index is 1.40. The second kappa shape index (κ2) is 8.81. The normalized spacial score (nSPS) is 20.8. The van der Waals surface area contributed by atoms with Gasteiger partial charge in [-0.3, -0.25) is 14.5 Å². The second-order valence-electron chi connectivity index (χ2n) is 7.16. The summed E-state index contributed by atoms with van der Waals surface area (Å²) in [6.07, 6.45) is 4.42. The van der Waals surface area contributed by atoms with Gasteiger partial charge in [-0.25, -0.2) is 0 Å². The van der Waals surface area contributed by atoms with Crippen molar-refractivity contribution >= 4 is 23.2 Å². The smallest absolute Gasteiger partial charge is 0.242 e. The average molecular weight is 364 g/mol. The molecule has 3 heterocycles. The van der Waals surface area contributed by atoms with E-state index >= 15 is 0 Å². The zero-order valence-electron chi connectivity index (χ0n) is 15.1. The molecule has 2 aliphatic heterocycles. The minimum Gasteiger partial charge on any atom is -0.354 e. The van der Waals surface area contributed by atoms with Crippen LogP contribution in [0.1, 0.15) is 43.9 Å². The van der Waals surface area contributed by atoms with Gasteiger partial charge in [0.1, 0.15) is 6.04 Å². The third-order valence-electron chi connectivity index (χ3n) is 5.41. The van der Waals surface area contributed by atoms with Gasteiger partial charge < -0.3 is 10.2 Å². The van der Waals surface area contributed by atoms with Crippen LogP contribution in [0.5, 0.6) is 0 Å². The molecule has 1 unspecified atom stereocenters. The van der Waals surface area contributed by atoms with Gasteiger partial charge in [-0.05, 0) is 56.1 Å². The molecule has 1 aromatic rings. The van der Waals surface area contributed by atoms with Crippen molar-refractivity contribution < 1.29 is 9.59 Å². The van der Waals surface area contributed by atoms with Crippen LogP contribution in [0.15, 0.2) is 17.5 Å². The zero-order valence-corrected chi connectivity index (χ0v) is 15.9. The van der Waals surface area contributed by atoms with Gasteiger partial charge in [0, 0.05) is 30.9 Å². The highest BCUT2D eigenvalue weighted by Gasteiger charge is 2.31. The van der Waals surface area contributed by atoms with E-state index < -0.39 is 0 Å². The van der Waals surface area contributed by atoms with E-state index in [1.807, 2.05) is 18.3 Å². The summed E-state index contributed by atoms with van der Waals surface area (Å²) in [4.78, 5) is 30.1. The molecule has 138 valence electrons. The Morgan fingerprint density at radius 2 is 2.16 bits per heavy atom. The Hall–Kier alpha value is -1.40. The summed E-state index contributed by atoms with van der Waals surface area (Å²) in [7, 11) is 0. The molecule has 0 aromatic carbocycles. The highest BCUT2D eigenvalue weighted by molar-refractivity contribution is 7.09. The zero-order chi connectivity index (χ0) is 17.6. The molecule has 25 heavy (non-hydrogen) atoms. The lowest BCUT2D eigenvalue weighted by molar-refractivity contribution is -0.137. The monoisotopic (exact) mass is 363 g/mol. The summed E-state index contributed by atoms with van der Waals surface area (Å²) < 4.78 is 0. The minimum absolute atomic E-state index is 0.0266. The summed E-state index contributed by atoms with van der Waals surface area (Å²) in [6, 6.07) is 4.02. The Morgan fingerprint density at radius 1 is 1.36 bits per heavy atom. The molecular formula is C19H29N3O2S. The molecule has 1 aromatic heterocycles. The van der Waals surface area contributed by atoms with Crippen LogP contribution in [0.3, 0.4) is 0 Å². The van der Waals surface area contributed by atoms with Crippen molar-refractivity contribution in [3.05, 3.63) is 22.4 Å². The molecule has 1 N–H and O–H groups in total. The number of hydrogen-bond donors (Lipinski definition) is 1. The number of carbonyl (C=O) groups excluding carboxylic acids is 2. The fourth-order valence-electron chi connectivity index (χ4n) is 3.88. The lowest BCUT2D eigenvalue weighted by Gasteiger charge is -2.32. The van der Waals surface area contributed by atoms with Crippen LogP contribution in [0.2, 0.25) is 0 Å². The SMILES string of the molecule is CCC(C(=O)NCC1CCN(Cc2cccs2)CC1)N1CCCC1=O. The van der Waals surface area contributed by atoms with Gasteiger partial charge in [0.05, 0.1) is 0 Å². The van der Waals surface area contributed by atoms with E-state index in [4.69, 9.17) is 0 Å². The van der Waals surface area contributed by atoms with E-state index in [-0.39, 0.29) is 17.9 Å². The third kappa shape index (κ3) is 4.82.